The van der Waals surface area contributed by atoms with Crippen LogP contribution in [0.15, 0.2) is 17.8 Å². The molecule has 6 nitrogen and oxygen atoms in total. The largest absolute Gasteiger partial charge is 0.373 e. The van der Waals surface area contributed by atoms with Gasteiger partial charge in [-0.05, 0) is 19.8 Å². The predicted molar refractivity (Wildman–Crippen MR) is 81.4 cm³/mol. The van der Waals surface area contributed by atoms with Crippen LogP contribution in [0.3, 0.4) is 0 Å². The van der Waals surface area contributed by atoms with Crippen LogP contribution in [0.25, 0.3) is 0 Å². The summed E-state index contributed by atoms with van der Waals surface area (Å²) in [6, 6.07) is 1.95. The lowest BCUT2D eigenvalue weighted by atomic mass is 10.1. The second-order valence-electron chi connectivity index (χ2n) is 5.00. The van der Waals surface area contributed by atoms with Gasteiger partial charge in [0, 0.05) is 19.7 Å². The number of thiazole rings is 1. The third-order valence-electron chi connectivity index (χ3n) is 3.61. The first-order valence-electron chi connectivity index (χ1n) is 6.92. The Balaban J connectivity index is 1.90. The summed E-state index contributed by atoms with van der Waals surface area (Å²) in [5.41, 5.74) is 2.59. The molecule has 1 N–H and O–H groups in total. The van der Waals surface area contributed by atoms with E-state index in [0.717, 1.165) is 30.9 Å². The number of carbonyl (C=O) groups is 1. The molecule has 0 aromatic carbocycles. The van der Waals surface area contributed by atoms with Gasteiger partial charge in [0.2, 0.25) is 0 Å². The zero-order valence-electron chi connectivity index (χ0n) is 12.0. The highest BCUT2D eigenvalue weighted by Crippen LogP contribution is 2.33. The van der Waals surface area contributed by atoms with Crippen LogP contribution >= 0.6 is 11.3 Å². The van der Waals surface area contributed by atoms with E-state index in [9.17, 15) is 4.79 Å². The third-order valence-corrected chi connectivity index (χ3v) is 4.37. The monoisotopic (exact) mass is 303 g/mol. The van der Waals surface area contributed by atoms with Crippen LogP contribution in [-0.2, 0) is 0 Å². The van der Waals surface area contributed by atoms with Crippen molar-refractivity contribution in [3.63, 3.8) is 0 Å². The number of nitrogens with one attached hydrogen (secondary N) is 1. The summed E-state index contributed by atoms with van der Waals surface area (Å²) in [5.74, 6) is 1.55. The first-order chi connectivity index (χ1) is 10.2. The van der Waals surface area contributed by atoms with Crippen molar-refractivity contribution >= 4 is 23.1 Å². The van der Waals surface area contributed by atoms with E-state index < -0.39 is 0 Å². The molecule has 3 rings (SSSR count). The standard InChI is InChI=1S/C14H17N5OS/c1-9-17-10(6-13(15-2)18-9)11-4-3-5-19(11)14(20)12-7-16-8-21-12/h6-8,11H,3-5H2,1-2H3,(H,15,17,18)/t11-/m1/s1. The summed E-state index contributed by atoms with van der Waals surface area (Å²) >= 11 is 1.38. The second-order valence-corrected chi connectivity index (χ2v) is 5.88. The molecule has 0 spiro atoms. The Morgan fingerprint density at radius 1 is 1.48 bits per heavy atom. The molecule has 7 heteroatoms. The van der Waals surface area contributed by atoms with Gasteiger partial charge in [0.25, 0.3) is 5.91 Å². The highest BCUT2D eigenvalue weighted by Gasteiger charge is 2.32. The number of aryl methyl sites for hydroxylation is 1. The number of nitrogens with zero attached hydrogens (tertiary/aromatic N) is 4. The number of rotatable bonds is 3. The van der Waals surface area contributed by atoms with Crippen molar-refractivity contribution < 1.29 is 4.79 Å². The van der Waals surface area contributed by atoms with Gasteiger partial charge in [0.1, 0.15) is 16.5 Å². The first kappa shape index (κ1) is 13.9. The van der Waals surface area contributed by atoms with Gasteiger partial charge in [-0.1, -0.05) is 0 Å². The van der Waals surface area contributed by atoms with E-state index in [1.807, 2.05) is 24.9 Å². The Morgan fingerprint density at radius 2 is 2.33 bits per heavy atom. The van der Waals surface area contributed by atoms with Crippen LogP contribution < -0.4 is 5.32 Å². The quantitative estimate of drug-likeness (QED) is 0.941. The summed E-state index contributed by atoms with van der Waals surface area (Å²) in [6.45, 7) is 2.63. The maximum absolute atomic E-state index is 12.6. The zero-order chi connectivity index (χ0) is 14.8. The van der Waals surface area contributed by atoms with Crippen molar-refractivity contribution in [2.45, 2.75) is 25.8 Å². The number of likely N-dealkylation sites (tertiary alicyclic amines) is 1. The molecule has 1 aliphatic rings. The minimum absolute atomic E-state index is 0.0217. The Hall–Kier alpha value is -2.02. The van der Waals surface area contributed by atoms with Gasteiger partial charge < -0.3 is 10.2 Å². The van der Waals surface area contributed by atoms with E-state index in [-0.39, 0.29) is 11.9 Å². The average molecular weight is 303 g/mol. The SMILES string of the molecule is CNc1cc([C@H]2CCCN2C(=O)c2cncs2)nc(C)n1. The van der Waals surface area contributed by atoms with Crippen LogP contribution in [0.2, 0.25) is 0 Å². The van der Waals surface area contributed by atoms with Crippen LogP contribution in [-0.4, -0.2) is 39.4 Å². The van der Waals surface area contributed by atoms with Crippen molar-refractivity contribution in [1.29, 1.82) is 0 Å². The molecule has 1 fully saturated rings. The number of carbonyl (C=O) groups excluding carboxylic acids is 1. The van der Waals surface area contributed by atoms with Crippen LogP contribution in [0, 0.1) is 6.92 Å². The Kier molecular flexibility index (Phi) is 3.83. The molecular weight excluding hydrogens is 286 g/mol. The van der Waals surface area contributed by atoms with Crippen molar-refractivity contribution in [2.75, 3.05) is 18.9 Å². The van der Waals surface area contributed by atoms with E-state index in [1.165, 1.54) is 11.3 Å². The minimum Gasteiger partial charge on any atom is -0.373 e. The van der Waals surface area contributed by atoms with Crippen LogP contribution in [0.4, 0.5) is 5.82 Å². The summed E-state index contributed by atoms with van der Waals surface area (Å²) in [5, 5.41) is 3.04. The van der Waals surface area contributed by atoms with E-state index in [0.29, 0.717) is 10.7 Å². The molecule has 2 aromatic heterocycles. The maximum Gasteiger partial charge on any atom is 0.266 e. The molecule has 0 unspecified atom stereocenters. The fourth-order valence-electron chi connectivity index (χ4n) is 2.67. The summed E-state index contributed by atoms with van der Waals surface area (Å²) in [7, 11) is 1.83. The number of anilines is 1. The molecule has 1 saturated heterocycles. The van der Waals surface area contributed by atoms with Crippen molar-refractivity contribution in [3.05, 3.63) is 34.2 Å². The lowest BCUT2D eigenvalue weighted by Gasteiger charge is -2.24. The zero-order valence-corrected chi connectivity index (χ0v) is 12.9. The lowest BCUT2D eigenvalue weighted by Crippen LogP contribution is -2.30. The maximum atomic E-state index is 12.6. The van der Waals surface area contributed by atoms with Gasteiger partial charge >= 0.3 is 0 Å². The Labute approximate surface area is 127 Å². The fraction of sp³-hybridized carbons (Fsp3) is 0.429. The summed E-state index contributed by atoms with van der Waals surface area (Å²) < 4.78 is 0. The molecule has 0 aliphatic carbocycles. The fourth-order valence-corrected chi connectivity index (χ4v) is 3.24. The summed E-state index contributed by atoms with van der Waals surface area (Å²) in [6.07, 6.45) is 3.56. The van der Waals surface area contributed by atoms with E-state index in [4.69, 9.17) is 0 Å². The Morgan fingerprint density at radius 3 is 3.05 bits per heavy atom. The molecule has 2 aromatic rings. The minimum atomic E-state index is 0.0217. The first-order valence-corrected chi connectivity index (χ1v) is 7.80. The van der Waals surface area contributed by atoms with Gasteiger partial charge in [0.05, 0.1) is 23.4 Å². The van der Waals surface area contributed by atoms with Crippen molar-refractivity contribution in [1.82, 2.24) is 19.9 Å². The molecular formula is C14H17N5OS. The van der Waals surface area contributed by atoms with Gasteiger partial charge in [-0.2, -0.15) is 0 Å². The molecule has 1 aliphatic heterocycles. The molecule has 1 atom stereocenters. The second kappa shape index (κ2) is 5.77. The molecule has 110 valence electrons. The lowest BCUT2D eigenvalue weighted by molar-refractivity contribution is 0.0737. The van der Waals surface area contributed by atoms with E-state index >= 15 is 0 Å². The molecule has 1 amide bonds. The van der Waals surface area contributed by atoms with E-state index in [1.54, 1.807) is 11.7 Å². The Bertz CT molecular complexity index is 643. The van der Waals surface area contributed by atoms with Crippen molar-refractivity contribution in [2.24, 2.45) is 0 Å². The van der Waals surface area contributed by atoms with Crippen molar-refractivity contribution in [3.8, 4) is 0 Å². The van der Waals surface area contributed by atoms with E-state index in [2.05, 4.69) is 20.3 Å². The molecule has 21 heavy (non-hydrogen) atoms. The molecule has 0 bridgehead atoms. The average Bonchev–Trinajstić information content (AvgIpc) is 3.17. The smallest absolute Gasteiger partial charge is 0.266 e. The topological polar surface area (TPSA) is 71.0 Å². The molecule has 0 radical (unpaired) electrons. The molecule has 0 saturated carbocycles. The highest BCUT2D eigenvalue weighted by molar-refractivity contribution is 7.11. The number of hydrogen-bond donors (Lipinski definition) is 1. The predicted octanol–water partition coefficient (Wildman–Crippen LogP) is 2.26. The normalized spacial score (nSPS) is 18.0. The van der Waals surface area contributed by atoms with Crippen LogP contribution in [0.5, 0.6) is 0 Å². The third kappa shape index (κ3) is 2.73. The highest BCUT2D eigenvalue weighted by atomic mass is 32.1. The van der Waals surface area contributed by atoms with Crippen LogP contribution in [0.1, 0.15) is 40.1 Å². The number of amides is 1. The van der Waals surface area contributed by atoms with Gasteiger partial charge in [-0.3, -0.25) is 9.78 Å². The number of hydrogen-bond acceptors (Lipinski definition) is 6. The number of aromatic nitrogens is 3. The van der Waals surface area contributed by atoms with Gasteiger partial charge in [0.15, 0.2) is 0 Å². The van der Waals surface area contributed by atoms with Gasteiger partial charge in [-0.15, -0.1) is 11.3 Å². The van der Waals surface area contributed by atoms with Gasteiger partial charge in [-0.25, -0.2) is 9.97 Å². The summed E-state index contributed by atoms with van der Waals surface area (Å²) in [4.78, 5) is 28.0. The molecule has 3 heterocycles.